The van der Waals surface area contributed by atoms with Crippen molar-refractivity contribution in [2.45, 2.75) is 63.8 Å². The van der Waals surface area contributed by atoms with Crippen molar-refractivity contribution in [3.8, 4) is 0 Å². The average molecular weight is 286 g/mol. The second kappa shape index (κ2) is 5.80. The van der Waals surface area contributed by atoms with Gasteiger partial charge in [-0.05, 0) is 41.5 Å². The van der Waals surface area contributed by atoms with Gasteiger partial charge < -0.3 is 5.73 Å². The van der Waals surface area contributed by atoms with Crippen LogP contribution in [0.2, 0.25) is 0 Å². The molecule has 1 fully saturated rings. The molecule has 0 unspecified atom stereocenters. The van der Waals surface area contributed by atoms with Gasteiger partial charge >= 0.3 is 0 Å². The third kappa shape index (κ3) is 3.70. The first-order valence-corrected chi connectivity index (χ1v) is 6.92. The number of nitrogens with two attached hydrogens (primary N) is 1. The normalized spacial score (nSPS) is 18.8. The highest BCUT2D eigenvalue weighted by atomic mass is 35.5. The number of halogens is 2. The van der Waals surface area contributed by atoms with Gasteiger partial charge in [-0.3, -0.25) is 0 Å². The summed E-state index contributed by atoms with van der Waals surface area (Å²) in [5.41, 5.74) is 8.15. The number of benzene rings is 1. The molecule has 0 radical (unpaired) electrons. The molecule has 1 aromatic rings. The highest BCUT2D eigenvalue weighted by Gasteiger charge is 2.30. The Kier molecular flexibility index (Phi) is 5.02. The Bertz CT molecular complexity index is 431. The molecule has 0 aliphatic heterocycles. The summed E-state index contributed by atoms with van der Waals surface area (Å²) in [4.78, 5) is 0. The van der Waals surface area contributed by atoms with Crippen LogP contribution in [0.25, 0.3) is 0 Å². The Morgan fingerprint density at radius 2 is 1.63 bits per heavy atom. The largest absolute Gasteiger partial charge is 0.321 e. The van der Waals surface area contributed by atoms with Crippen molar-refractivity contribution in [1.29, 1.82) is 0 Å². The van der Waals surface area contributed by atoms with Crippen LogP contribution in [0, 0.1) is 5.82 Å². The van der Waals surface area contributed by atoms with E-state index in [1.807, 2.05) is 0 Å². The molecular weight excluding hydrogens is 261 g/mol. The highest BCUT2D eigenvalue weighted by molar-refractivity contribution is 5.85. The molecule has 1 aliphatic carbocycles. The van der Waals surface area contributed by atoms with Crippen molar-refractivity contribution in [3.05, 3.63) is 35.1 Å². The van der Waals surface area contributed by atoms with E-state index in [0.717, 1.165) is 36.8 Å². The summed E-state index contributed by atoms with van der Waals surface area (Å²) in [5, 5.41) is 0. The van der Waals surface area contributed by atoms with E-state index in [4.69, 9.17) is 5.73 Å². The third-order valence-corrected chi connectivity index (χ3v) is 4.08. The lowest BCUT2D eigenvalue weighted by Gasteiger charge is -2.35. The fourth-order valence-corrected chi connectivity index (χ4v) is 2.78. The SMILES string of the molecule is CC(C)(C)c1cc(F)cc(C2(N)CCCCC2)c1.Cl. The van der Waals surface area contributed by atoms with Crippen molar-refractivity contribution < 1.29 is 4.39 Å². The molecule has 0 heterocycles. The van der Waals surface area contributed by atoms with Crippen LogP contribution in [-0.4, -0.2) is 0 Å². The molecule has 0 bridgehead atoms. The van der Waals surface area contributed by atoms with E-state index in [1.54, 1.807) is 12.1 Å². The Labute approximate surface area is 122 Å². The highest BCUT2D eigenvalue weighted by Crippen LogP contribution is 2.36. The summed E-state index contributed by atoms with van der Waals surface area (Å²) in [5.74, 6) is -0.159. The standard InChI is InChI=1S/C16H24FN.ClH/c1-15(2,3)12-9-13(11-14(17)10-12)16(18)7-5-4-6-8-16;/h9-11H,4-8,18H2,1-3H3;1H. The van der Waals surface area contributed by atoms with Gasteiger partial charge in [0, 0.05) is 5.54 Å². The van der Waals surface area contributed by atoms with Crippen molar-refractivity contribution in [1.82, 2.24) is 0 Å². The van der Waals surface area contributed by atoms with Crippen LogP contribution in [0.15, 0.2) is 18.2 Å². The summed E-state index contributed by atoms with van der Waals surface area (Å²) in [6.07, 6.45) is 5.50. The van der Waals surface area contributed by atoms with Gasteiger partial charge in [0.05, 0.1) is 0 Å². The van der Waals surface area contributed by atoms with Crippen LogP contribution in [0.1, 0.15) is 64.0 Å². The van der Waals surface area contributed by atoms with Gasteiger partial charge in [0.25, 0.3) is 0 Å². The molecule has 1 aliphatic rings. The minimum Gasteiger partial charge on any atom is -0.321 e. The molecule has 0 amide bonds. The van der Waals surface area contributed by atoms with Gasteiger partial charge in [-0.15, -0.1) is 12.4 Å². The minimum atomic E-state index is -0.319. The zero-order chi connectivity index (χ0) is 13.4. The number of hydrogen-bond acceptors (Lipinski definition) is 1. The molecule has 0 spiro atoms. The molecule has 2 N–H and O–H groups in total. The van der Waals surface area contributed by atoms with Gasteiger partial charge in [-0.2, -0.15) is 0 Å². The second-order valence-electron chi connectivity index (χ2n) is 6.70. The zero-order valence-electron chi connectivity index (χ0n) is 12.1. The molecule has 108 valence electrons. The first kappa shape index (κ1) is 16.5. The molecule has 1 aromatic carbocycles. The summed E-state index contributed by atoms with van der Waals surface area (Å²) < 4.78 is 13.8. The van der Waals surface area contributed by atoms with E-state index in [9.17, 15) is 4.39 Å². The predicted octanol–water partition coefficient (Wildman–Crippen LogP) is 4.66. The van der Waals surface area contributed by atoms with Gasteiger partial charge in [-0.1, -0.05) is 46.1 Å². The van der Waals surface area contributed by atoms with E-state index in [1.165, 1.54) is 6.42 Å². The fraction of sp³-hybridized carbons (Fsp3) is 0.625. The van der Waals surface area contributed by atoms with Crippen LogP contribution >= 0.6 is 12.4 Å². The maximum atomic E-state index is 13.8. The maximum absolute atomic E-state index is 13.8. The van der Waals surface area contributed by atoms with Crippen molar-refractivity contribution in [2.75, 3.05) is 0 Å². The Morgan fingerprint density at radius 1 is 1.05 bits per heavy atom. The van der Waals surface area contributed by atoms with E-state index in [0.29, 0.717) is 0 Å². The van der Waals surface area contributed by atoms with E-state index in [-0.39, 0.29) is 29.2 Å². The molecule has 0 aromatic heterocycles. The average Bonchev–Trinajstić information content (AvgIpc) is 2.28. The summed E-state index contributed by atoms with van der Waals surface area (Å²) in [6.45, 7) is 6.32. The van der Waals surface area contributed by atoms with Gasteiger partial charge in [0.15, 0.2) is 0 Å². The lowest BCUT2D eigenvalue weighted by Crippen LogP contribution is -2.39. The van der Waals surface area contributed by atoms with E-state index >= 15 is 0 Å². The van der Waals surface area contributed by atoms with Crippen LogP contribution in [0.3, 0.4) is 0 Å². The third-order valence-electron chi connectivity index (χ3n) is 4.08. The van der Waals surface area contributed by atoms with Crippen LogP contribution in [-0.2, 0) is 11.0 Å². The molecule has 1 nitrogen and oxygen atoms in total. The Balaban J connectivity index is 0.00000180. The molecular formula is C16H25ClFN. The monoisotopic (exact) mass is 285 g/mol. The van der Waals surface area contributed by atoms with Crippen molar-refractivity contribution >= 4 is 12.4 Å². The Hall–Kier alpha value is -0.600. The fourth-order valence-electron chi connectivity index (χ4n) is 2.78. The van der Waals surface area contributed by atoms with Crippen LogP contribution < -0.4 is 5.73 Å². The van der Waals surface area contributed by atoms with Gasteiger partial charge in [-0.25, -0.2) is 4.39 Å². The summed E-state index contributed by atoms with van der Waals surface area (Å²) >= 11 is 0. The summed E-state index contributed by atoms with van der Waals surface area (Å²) in [6, 6.07) is 5.37. The summed E-state index contributed by atoms with van der Waals surface area (Å²) in [7, 11) is 0. The first-order valence-electron chi connectivity index (χ1n) is 6.92. The molecule has 0 atom stereocenters. The van der Waals surface area contributed by atoms with E-state index in [2.05, 4.69) is 26.8 Å². The molecule has 1 saturated carbocycles. The van der Waals surface area contributed by atoms with Crippen molar-refractivity contribution in [3.63, 3.8) is 0 Å². The maximum Gasteiger partial charge on any atom is 0.123 e. The lowest BCUT2D eigenvalue weighted by atomic mass is 9.75. The zero-order valence-corrected chi connectivity index (χ0v) is 12.9. The van der Waals surface area contributed by atoms with E-state index < -0.39 is 0 Å². The van der Waals surface area contributed by atoms with Gasteiger partial charge in [0.2, 0.25) is 0 Å². The molecule has 19 heavy (non-hydrogen) atoms. The molecule has 2 rings (SSSR count). The van der Waals surface area contributed by atoms with Crippen LogP contribution in [0.5, 0.6) is 0 Å². The minimum absolute atomic E-state index is 0. The van der Waals surface area contributed by atoms with Crippen molar-refractivity contribution in [2.24, 2.45) is 5.73 Å². The second-order valence-corrected chi connectivity index (χ2v) is 6.70. The number of rotatable bonds is 1. The molecule has 3 heteroatoms. The molecule has 0 saturated heterocycles. The smallest absolute Gasteiger partial charge is 0.123 e. The van der Waals surface area contributed by atoms with Crippen LogP contribution in [0.4, 0.5) is 4.39 Å². The lowest BCUT2D eigenvalue weighted by molar-refractivity contribution is 0.301. The first-order chi connectivity index (χ1) is 8.31. The quantitative estimate of drug-likeness (QED) is 0.798. The van der Waals surface area contributed by atoms with Gasteiger partial charge in [0.1, 0.15) is 5.82 Å². The predicted molar refractivity (Wildman–Crippen MR) is 81.3 cm³/mol. The topological polar surface area (TPSA) is 26.0 Å². The number of hydrogen-bond donors (Lipinski definition) is 1. The Morgan fingerprint density at radius 3 is 2.16 bits per heavy atom.